The Labute approximate surface area is 643 Å². The molecule has 1 aliphatic carbocycles. The minimum Gasteiger partial charge on any atom is -0.456 e. The van der Waals surface area contributed by atoms with Crippen LogP contribution in [0.3, 0.4) is 0 Å². The zero-order chi connectivity index (χ0) is 74.1. The third-order valence-corrected chi connectivity index (χ3v) is 22.7. The summed E-state index contributed by atoms with van der Waals surface area (Å²) in [5, 5.41) is 13.3. The molecule has 0 atom stereocenters. The molecule has 112 heavy (non-hydrogen) atoms. The molecular weight excluding hydrogens is 1370 g/mol. The maximum absolute atomic E-state index is 6.59. The summed E-state index contributed by atoms with van der Waals surface area (Å²) in [4.78, 5) is 31.2. The maximum atomic E-state index is 6.59. The Bertz CT molecular complexity index is 7580. The minimum absolute atomic E-state index is 0.0628. The van der Waals surface area contributed by atoms with Crippen LogP contribution in [0.15, 0.2) is 367 Å². The lowest BCUT2D eigenvalue weighted by Gasteiger charge is -2.21. The van der Waals surface area contributed by atoms with Gasteiger partial charge in [-0.3, -0.25) is 0 Å². The van der Waals surface area contributed by atoms with Crippen molar-refractivity contribution in [3.8, 4) is 107 Å². The summed E-state index contributed by atoms with van der Waals surface area (Å²) in [5.74, 6) is 1.36. The second kappa shape index (κ2) is 25.7. The van der Waals surface area contributed by atoms with Crippen molar-refractivity contribution in [3.05, 3.63) is 369 Å². The van der Waals surface area contributed by atoms with Gasteiger partial charge in [-0.15, -0.1) is 0 Å². The van der Waals surface area contributed by atoms with E-state index in [4.69, 9.17) is 38.7 Å². The normalized spacial score (nSPS) is 12.4. The summed E-state index contributed by atoms with van der Waals surface area (Å²) >= 11 is 0. The van der Waals surface area contributed by atoms with E-state index in [1.54, 1.807) is 0 Å². The fourth-order valence-corrected chi connectivity index (χ4v) is 17.4. The first kappa shape index (κ1) is 64.4. The second-order valence-corrected chi connectivity index (χ2v) is 29.5. The van der Waals surface area contributed by atoms with Crippen molar-refractivity contribution < 1.29 is 8.83 Å². The number of nitrogens with zero attached hydrogens (tertiary/aromatic N) is 7. The molecule has 23 rings (SSSR count). The Balaban J connectivity index is 0.000000138. The van der Waals surface area contributed by atoms with E-state index < -0.39 is 0 Å². The van der Waals surface area contributed by atoms with E-state index in [0.29, 0.717) is 11.6 Å². The highest BCUT2D eigenvalue weighted by atomic mass is 16.3. The number of furan rings is 2. The number of rotatable bonds is 9. The summed E-state index contributed by atoms with van der Waals surface area (Å²) in [7, 11) is 0. The molecule has 0 aliphatic heterocycles. The van der Waals surface area contributed by atoms with Gasteiger partial charge in [0.2, 0.25) is 0 Å². The Hall–Kier alpha value is -14.8. The third-order valence-electron chi connectivity index (χ3n) is 22.7. The number of para-hydroxylation sites is 4. The molecule has 0 amide bonds. The number of hydrogen-bond acceptors (Lipinski definition) is 8. The van der Waals surface area contributed by atoms with Crippen LogP contribution in [0.25, 0.3) is 216 Å². The van der Waals surface area contributed by atoms with Gasteiger partial charge in [-0.25, -0.2) is 29.9 Å². The van der Waals surface area contributed by atoms with E-state index in [1.807, 2.05) is 48.5 Å². The predicted octanol–water partition coefficient (Wildman–Crippen LogP) is 26.9. The zero-order valence-corrected chi connectivity index (χ0v) is 61.0. The molecular formula is C103H65N7O2. The van der Waals surface area contributed by atoms with Gasteiger partial charge < -0.3 is 13.4 Å². The Morgan fingerprint density at radius 2 is 0.625 bits per heavy atom. The molecule has 0 unspecified atom stereocenters. The van der Waals surface area contributed by atoms with Crippen LogP contribution < -0.4 is 0 Å². The Morgan fingerprint density at radius 1 is 0.241 bits per heavy atom. The van der Waals surface area contributed by atoms with Gasteiger partial charge in [0.25, 0.3) is 0 Å². The molecule has 9 heteroatoms. The second-order valence-electron chi connectivity index (χ2n) is 29.5. The van der Waals surface area contributed by atoms with Gasteiger partial charge in [0.05, 0.1) is 56.2 Å². The van der Waals surface area contributed by atoms with Crippen molar-refractivity contribution in [3.63, 3.8) is 0 Å². The van der Waals surface area contributed by atoms with Crippen LogP contribution in [0, 0.1) is 0 Å². The summed E-state index contributed by atoms with van der Waals surface area (Å²) < 4.78 is 15.5. The Kier molecular flexibility index (Phi) is 14.8. The number of fused-ring (bicyclic) bond motifs is 20. The fourth-order valence-electron chi connectivity index (χ4n) is 17.4. The molecule has 0 saturated carbocycles. The molecule has 0 radical (unpaired) electrons. The van der Waals surface area contributed by atoms with E-state index in [-0.39, 0.29) is 5.41 Å². The minimum atomic E-state index is -0.0628. The maximum Gasteiger partial charge on any atom is 0.160 e. The van der Waals surface area contributed by atoms with Gasteiger partial charge in [0.1, 0.15) is 22.3 Å². The van der Waals surface area contributed by atoms with Crippen molar-refractivity contribution >= 4 is 109 Å². The van der Waals surface area contributed by atoms with E-state index in [0.717, 1.165) is 177 Å². The number of aromatic nitrogens is 7. The summed E-state index contributed by atoms with van der Waals surface area (Å²) in [6.45, 7) is 4.63. The summed E-state index contributed by atoms with van der Waals surface area (Å²) in [5.41, 5.74) is 27.4. The highest BCUT2D eigenvalue weighted by Gasteiger charge is 2.35. The first-order valence-electron chi connectivity index (χ1n) is 38.0. The van der Waals surface area contributed by atoms with Crippen LogP contribution in [0.4, 0.5) is 0 Å². The lowest BCUT2D eigenvalue weighted by molar-refractivity contribution is 0.660. The van der Waals surface area contributed by atoms with Crippen LogP contribution in [0.2, 0.25) is 0 Å². The molecule has 524 valence electrons. The molecule has 0 N–H and O–H groups in total. The average Bonchev–Trinajstić information content (AvgIpc) is 1.52. The molecule has 0 saturated heterocycles. The summed E-state index contributed by atoms with van der Waals surface area (Å²) in [6, 6.07) is 125. The molecule has 7 aromatic heterocycles. The molecule has 9 nitrogen and oxygen atoms in total. The van der Waals surface area contributed by atoms with Crippen molar-refractivity contribution in [2.75, 3.05) is 0 Å². The van der Waals surface area contributed by atoms with Crippen LogP contribution in [0.1, 0.15) is 25.0 Å². The number of benzene rings is 15. The smallest absolute Gasteiger partial charge is 0.160 e. The van der Waals surface area contributed by atoms with Crippen molar-refractivity contribution in [1.82, 2.24) is 34.5 Å². The SMILES string of the molecule is CC1(C)c2ccccc2-c2cc(-c3cc(-c4ccc5oc6ccc7c(-c8ccccc8)nc8ccccc8c7c6c5c4)nc(-c4ccccc4)n3)ccc21.c1ccc(-c2nc(-c3ccc4oc5ccc6c(-c7ccccc7)nc7ccccc7c6c5c4c3)cc(-c3ccc4c(c3)c3ccccc3n4-c3ccccc3)n2)cc1. The highest BCUT2D eigenvalue weighted by Crippen LogP contribution is 2.51. The number of hydrogen-bond donors (Lipinski definition) is 0. The monoisotopic (exact) mass is 1430 g/mol. The van der Waals surface area contributed by atoms with Crippen molar-refractivity contribution in [2.45, 2.75) is 19.3 Å². The lowest BCUT2D eigenvalue weighted by Crippen LogP contribution is -2.14. The van der Waals surface area contributed by atoms with E-state index in [9.17, 15) is 0 Å². The Morgan fingerprint density at radius 3 is 1.14 bits per heavy atom. The quantitative estimate of drug-likeness (QED) is 0.132. The van der Waals surface area contributed by atoms with E-state index >= 15 is 0 Å². The van der Waals surface area contributed by atoms with Gasteiger partial charge >= 0.3 is 0 Å². The van der Waals surface area contributed by atoms with Crippen LogP contribution in [0.5, 0.6) is 0 Å². The first-order chi connectivity index (χ1) is 55.3. The van der Waals surface area contributed by atoms with Gasteiger partial charge in [0, 0.05) is 120 Å². The van der Waals surface area contributed by atoms with E-state index in [2.05, 4.69) is 328 Å². The lowest BCUT2D eigenvalue weighted by atomic mass is 9.82. The zero-order valence-electron chi connectivity index (χ0n) is 61.0. The van der Waals surface area contributed by atoms with Crippen molar-refractivity contribution in [2.24, 2.45) is 0 Å². The van der Waals surface area contributed by atoms with Gasteiger partial charge in [-0.1, -0.05) is 250 Å². The van der Waals surface area contributed by atoms with Crippen LogP contribution in [-0.4, -0.2) is 34.5 Å². The fraction of sp³-hybridized carbons (Fsp3) is 0.0291. The molecule has 0 fully saturated rings. The van der Waals surface area contributed by atoms with Gasteiger partial charge in [0.15, 0.2) is 11.6 Å². The van der Waals surface area contributed by atoms with Gasteiger partial charge in [-0.05, 0) is 144 Å². The van der Waals surface area contributed by atoms with Crippen LogP contribution >= 0.6 is 0 Å². The molecule has 7 heterocycles. The average molecular weight is 1430 g/mol. The standard InChI is InChI=1S/C53H32N4O.C50H33N3O/c1-4-14-33(15-5-1)52-40-26-29-49-51(50(40)39-21-10-12-22-43(39)54-52)42-31-36(25-28-48(42)58-49)45-32-44(55-53(56-45)34-16-6-2-7-17-34)35-24-27-47-41(30-35)38-20-11-13-23-46(38)57(47)37-18-8-3-9-19-37;1-50(2)39-19-11-9-17-34(39)37-27-32(21-24-40(37)50)42-29-43(53-49(52-42)31-15-7-4-8-16-31)33-22-25-44-38(28-33)47-45(54-44)26-23-36-46(47)35-18-10-12-20-41(35)51-48(36)30-13-5-3-6-14-30/h1-32H;3-29H,1-2H3. The summed E-state index contributed by atoms with van der Waals surface area (Å²) in [6.07, 6.45) is 0. The molecule has 1 aliphatic rings. The number of pyridine rings is 2. The topological polar surface area (TPSA) is 109 Å². The third kappa shape index (κ3) is 10.5. The first-order valence-corrected chi connectivity index (χ1v) is 38.0. The largest absolute Gasteiger partial charge is 0.456 e. The molecule has 0 spiro atoms. The highest BCUT2D eigenvalue weighted by molar-refractivity contribution is 6.30. The van der Waals surface area contributed by atoms with E-state index in [1.165, 1.54) is 38.5 Å². The molecule has 22 aromatic rings. The predicted molar refractivity (Wildman–Crippen MR) is 460 cm³/mol. The van der Waals surface area contributed by atoms with Crippen LogP contribution in [-0.2, 0) is 5.41 Å². The molecule has 0 bridgehead atoms. The van der Waals surface area contributed by atoms with Crippen molar-refractivity contribution in [1.29, 1.82) is 0 Å². The van der Waals surface area contributed by atoms with Gasteiger partial charge in [-0.2, -0.15) is 0 Å². The molecule has 15 aromatic carbocycles.